The summed E-state index contributed by atoms with van der Waals surface area (Å²) in [6, 6.07) is 7.32. The molecule has 7 nitrogen and oxygen atoms in total. The molecule has 2 aromatic rings. The number of hydrogen-bond donors (Lipinski definition) is 3. The number of phenolic OH excluding ortho intramolecular Hbond substituents is 1. The van der Waals surface area contributed by atoms with Crippen molar-refractivity contribution in [3.05, 3.63) is 35.0 Å². The Labute approximate surface area is 134 Å². The molecule has 1 aromatic carbocycles. The highest BCUT2D eigenvalue weighted by Gasteiger charge is 2.09. The van der Waals surface area contributed by atoms with Crippen molar-refractivity contribution in [2.45, 2.75) is 19.8 Å². The number of aromatic nitrogens is 2. The molecule has 0 aliphatic rings. The minimum atomic E-state index is 0.0891. The van der Waals surface area contributed by atoms with Crippen molar-refractivity contribution in [2.24, 2.45) is 4.99 Å². The van der Waals surface area contributed by atoms with Gasteiger partial charge in [0.2, 0.25) is 0 Å². The molecule has 4 N–H and O–H groups in total. The Bertz CT molecular complexity index is 731. The lowest BCUT2D eigenvalue weighted by molar-refractivity contribution is 0.318. The number of nitriles is 1. The fraction of sp³-hybridized carbons (Fsp3) is 0.312. The normalized spacial score (nSPS) is 10.8. The molecule has 0 aliphatic carbocycles. The van der Waals surface area contributed by atoms with E-state index in [-0.39, 0.29) is 11.6 Å². The quantitative estimate of drug-likeness (QED) is 0.533. The van der Waals surface area contributed by atoms with Gasteiger partial charge < -0.3 is 15.6 Å². The average molecular weight is 313 g/mol. The SMILES string of the molecule is CCOc1cccc(C=NCCCc2[nH]nc(N)c2C#N)c1O. The van der Waals surface area contributed by atoms with Crippen LogP contribution in [0.3, 0.4) is 0 Å². The Balaban J connectivity index is 1.90. The molecular weight excluding hydrogens is 294 g/mol. The van der Waals surface area contributed by atoms with E-state index in [9.17, 15) is 5.11 Å². The molecule has 1 heterocycles. The van der Waals surface area contributed by atoms with Gasteiger partial charge in [-0.2, -0.15) is 10.4 Å². The molecule has 0 saturated heterocycles. The van der Waals surface area contributed by atoms with Gasteiger partial charge in [-0.05, 0) is 31.9 Å². The van der Waals surface area contributed by atoms with Crippen molar-refractivity contribution in [3.63, 3.8) is 0 Å². The number of ether oxygens (including phenoxy) is 1. The van der Waals surface area contributed by atoms with Gasteiger partial charge in [-0.1, -0.05) is 6.07 Å². The molecule has 120 valence electrons. The number of hydrogen-bond acceptors (Lipinski definition) is 6. The number of rotatable bonds is 7. The molecule has 23 heavy (non-hydrogen) atoms. The fourth-order valence-electron chi connectivity index (χ4n) is 2.13. The van der Waals surface area contributed by atoms with E-state index in [2.05, 4.69) is 15.2 Å². The zero-order chi connectivity index (χ0) is 16.7. The van der Waals surface area contributed by atoms with Crippen molar-refractivity contribution in [2.75, 3.05) is 18.9 Å². The Morgan fingerprint density at radius 1 is 1.52 bits per heavy atom. The zero-order valence-electron chi connectivity index (χ0n) is 12.9. The van der Waals surface area contributed by atoms with Crippen LogP contribution < -0.4 is 10.5 Å². The number of nitrogens with one attached hydrogen (secondary N) is 1. The van der Waals surface area contributed by atoms with Crippen LogP contribution in [0.15, 0.2) is 23.2 Å². The van der Waals surface area contributed by atoms with Crippen LogP contribution in [0, 0.1) is 11.3 Å². The van der Waals surface area contributed by atoms with Crippen LogP contribution in [0.5, 0.6) is 11.5 Å². The van der Waals surface area contributed by atoms with E-state index >= 15 is 0 Å². The average Bonchev–Trinajstić information content (AvgIpc) is 2.90. The summed E-state index contributed by atoms with van der Waals surface area (Å²) >= 11 is 0. The molecule has 0 bridgehead atoms. The Morgan fingerprint density at radius 3 is 3.09 bits per heavy atom. The molecule has 2 rings (SSSR count). The number of nitrogens with zero attached hydrogens (tertiary/aromatic N) is 3. The van der Waals surface area contributed by atoms with E-state index in [4.69, 9.17) is 15.7 Å². The van der Waals surface area contributed by atoms with E-state index in [1.165, 1.54) is 0 Å². The first-order valence-electron chi connectivity index (χ1n) is 7.34. The van der Waals surface area contributed by atoms with Crippen LogP contribution >= 0.6 is 0 Å². The number of nitrogens with two attached hydrogens (primary N) is 1. The highest BCUT2D eigenvalue weighted by Crippen LogP contribution is 2.28. The first-order valence-corrected chi connectivity index (χ1v) is 7.34. The van der Waals surface area contributed by atoms with E-state index in [0.717, 1.165) is 12.1 Å². The Hall–Kier alpha value is -3.01. The molecule has 0 amide bonds. The first kappa shape index (κ1) is 16.4. The lowest BCUT2D eigenvalue weighted by Gasteiger charge is -2.07. The lowest BCUT2D eigenvalue weighted by atomic mass is 10.1. The van der Waals surface area contributed by atoms with Crippen LogP contribution in [-0.2, 0) is 6.42 Å². The minimum Gasteiger partial charge on any atom is -0.504 e. The van der Waals surface area contributed by atoms with Crippen molar-refractivity contribution < 1.29 is 9.84 Å². The second-order valence-electron chi connectivity index (χ2n) is 4.84. The van der Waals surface area contributed by atoms with Gasteiger partial charge in [-0.3, -0.25) is 10.1 Å². The number of para-hydroxylation sites is 1. The summed E-state index contributed by atoms with van der Waals surface area (Å²) in [5.74, 6) is 0.762. The number of benzene rings is 1. The van der Waals surface area contributed by atoms with E-state index < -0.39 is 0 Å². The monoisotopic (exact) mass is 313 g/mol. The number of phenols is 1. The predicted octanol–water partition coefficient (Wildman–Crippen LogP) is 2.02. The summed E-state index contributed by atoms with van der Waals surface area (Å²) in [4.78, 5) is 4.29. The molecule has 1 aromatic heterocycles. The van der Waals surface area contributed by atoms with Gasteiger partial charge in [0.15, 0.2) is 17.3 Å². The van der Waals surface area contributed by atoms with Crippen molar-refractivity contribution in [1.82, 2.24) is 10.2 Å². The van der Waals surface area contributed by atoms with Crippen molar-refractivity contribution in [3.8, 4) is 17.6 Å². The van der Waals surface area contributed by atoms with Gasteiger partial charge in [0, 0.05) is 18.3 Å². The number of nitrogen functional groups attached to an aromatic ring is 1. The second kappa shape index (κ2) is 7.84. The van der Waals surface area contributed by atoms with Crippen molar-refractivity contribution in [1.29, 1.82) is 5.26 Å². The van der Waals surface area contributed by atoms with Crippen molar-refractivity contribution >= 4 is 12.0 Å². The summed E-state index contributed by atoms with van der Waals surface area (Å²) < 4.78 is 5.33. The second-order valence-corrected chi connectivity index (χ2v) is 4.84. The first-order chi connectivity index (χ1) is 11.2. The summed E-state index contributed by atoms with van der Waals surface area (Å²) in [5.41, 5.74) is 7.31. The van der Waals surface area contributed by atoms with Crippen LogP contribution in [0.1, 0.15) is 30.2 Å². The number of aromatic amines is 1. The standard InChI is InChI=1S/C16H19N5O2/c1-2-23-14-7-3-5-11(15(14)22)10-19-8-4-6-13-12(9-17)16(18)21-20-13/h3,5,7,10,22H,2,4,6,8H2,1H3,(H3,18,20,21). The third kappa shape index (κ3) is 4.01. The number of H-pyrrole nitrogens is 1. The van der Waals surface area contributed by atoms with E-state index in [1.54, 1.807) is 24.4 Å². The largest absolute Gasteiger partial charge is 0.504 e. The van der Waals surface area contributed by atoms with Crippen LogP contribution in [0.2, 0.25) is 0 Å². The Morgan fingerprint density at radius 2 is 2.35 bits per heavy atom. The molecule has 0 radical (unpaired) electrons. The molecule has 7 heteroatoms. The van der Waals surface area contributed by atoms with Gasteiger partial charge >= 0.3 is 0 Å². The summed E-state index contributed by atoms with van der Waals surface area (Å²) in [6.07, 6.45) is 2.98. The molecule has 0 spiro atoms. The molecule has 0 saturated carbocycles. The maximum absolute atomic E-state index is 10.0. The zero-order valence-corrected chi connectivity index (χ0v) is 12.9. The van der Waals surface area contributed by atoms with Gasteiger partial charge in [0.05, 0.1) is 12.3 Å². The minimum absolute atomic E-state index is 0.0891. The van der Waals surface area contributed by atoms with Crippen LogP contribution in [0.4, 0.5) is 5.82 Å². The fourth-order valence-corrected chi connectivity index (χ4v) is 2.13. The molecule has 0 aliphatic heterocycles. The number of aromatic hydroxyl groups is 1. The van der Waals surface area contributed by atoms with Gasteiger partial charge in [0.1, 0.15) is 11.6 Å². The lowest BCUT2D eigenvalue weighted by Crippen LogP contribution is -1.95. The summed E-state index contributed by atoms with van der Waals surface area (Å²) in [7, 11) is 0. The highest BCUT2D eigenvalue weighted by atomic mass is 16.5. The molecule has 0 unspecified atom stereocenters. The highest BCUT2D eigenvalue weighted by molar-refractivity contribution is 5.84. The predicted molar refractivity (Wildman–Crippen MR) is 87.8 cm³/mol. The maximum atomic E-state index is 10.0. The van der Waals surface area contributed by atoms with Gasteiger partial charge in [-0.25, -0.2) is 0 Å². The molecular formula is C16H19N5O2. The smallest absolute Gasteiger partial charge is 0.166 e. The third-order valence-corrected chi connectivity index (χ3v) is 3.26. The Kier molecular flexibility index (Phi) is 5.58. The summed E-state index contributed by atoms with van der Waals surface area (Å²) in [5, 5.41) is 25.6. The third-order valence-electron chi connectivity index (χ3n) is 3.26. The molecule has 0 atom stereocenters. The molecule has 0 fully saturated rings. The topological polar surface area (TPSA) is 120 Å². The summed E-state index contributed by atoms with van der Waals surface area (Å²) in [6.45, 7) is 2.91. The van der Waals surface area contributed by atoms with Gasteiger partial charge in [-0.15, -0.1) is 0 Å². The van der Waals surface area contributed by atoms with Crippen LogP contribution in [0.25, 0.3) is 0 Å². The van der Waals surface area contributed by atoms with Crippen LogP contribution in [-0.4, -0.2) is 34.7 Å². The van der Waals surface area contributed by atoms with E-state index in [1.807, 2.05) is 13.0 Å². The van der Waals surface area contributed by atoms with Gasteiger partial charge in [0.25, 0.3) is 0 Å². The maximum Gasteiger partial charge on any atom is 0.166 e. The number of aliphatic imine (C=N–C) groups is 1. The van der Waals surface area contributed by atoms with E-state index in [0.29, 0.717) is 36.4 Å². The number of anilines is 1. The number of aryl methyl sites for hydroxylation is 1.